The van der Waals surface area contributed by atoms with Crippen LogP contribution in [0.15, 0.2) is 27.1 Å². The molecule has 0 bridgehead atoms. The van der Waals surface area contributed by atoms with Gasteiger partial charge < -0.3 is 9.73 Å². The molecule has 0 aliphatic heterocycles. The van der Waals surface area contributed by atoms with E-state index < -0.39 is 0 Å². The molecule has 0 radical (unpaired) electrons. The van der Waals surface area contributed by atoms with Gasteiger partial charge >= 0.3 is 0 Å². The van der Waals surface area contributed by atoms with Crippen molar-refractivity contribution < 1.29 is 4.42 Å². The van der Waals surface area contributed by atoms with E-state index in [2.05, 4.69) is 38.4 Å². The third-order valence-corrected chi connectivity index (χ3v) is 3.60. The maximum absolute atomic E-state index is 5.98. The number of rotatable bonds is 5. The Labute approximate surface area is 125 Å². The second-order valence-electron chi connectivity index (χ2n) is 4.25. The highest BCUT2D eigenvalue weighted by Crippen LogP contribution is 2.30. The van der Waals surface area contributed by atoms with Crippen molar-refractivity contribution in [2.45, 2.75) is 26.3 Å². The number of nitrogens with zero attached hydrogens (tertiary/aromatic N) is 2. The molecular formula is C13H15BrClN3O. The van der Waals surface area contributed by atoms with Crippen molar-refractivity contribution in [1.82, 2.24) is 15.5 Å². The van der Waals surface area contributed by atoms with Gasteiger partial charge in [-0.05, 0) is 54.0 Å². The van der Waals surface area contributed by atoms with Gasteiger partial charge in [0.1, 0.15) is 0 Å². The summed E-state index contributed by atoms with van der Waals surface area (Å²) in [7, 11) is 0. The van der Waals surface area contributed by atoms with Crippen molar-refractivity contribution in [2.24, 2.45) is 0 Å². The monoisotopic (exact) mass is 343 g/mol. The van der Waals surface area contributed by atoms with Gasteiger partial charge in [-0.3, -0.25) is 0 Å². The molecule has 6 heteroatoms. The van der Waals surface area contributed by atoms with Gasteiger partial charge in [-0.1, -0.05) is 18.5 Å². The average Bonchev–Trinajstić information content (AvgIpc) is 2.88. The van der Waals surface area contributed by atoms with Crippen molar-refractivity contribution in [3.63, 3.8) is 0 Å². The number of halogens is 2. The molecule has 0 fully saturated rings. The number of nitrogens with one attached hydrogen (secondary N) is 1. The lowest BCUT2D eigenvalue weighted by atomic mass is 10.2. The number of benzene rings is 1. The lowest BCUT2D eigenvalue weighted by Gasteiger charge is -2.07. The van der Waals surface area contributed by atoms with Crippen LogP contribution in [0.5, 0.6) is 0 Å². The van der Waals surface area contributed by atoms with E-state index in [1.807, 2.05) is 13.0 Å². The van der Waals surface area contributed by atoms with E-state index in [-0.39, 0.29) is 6.04 Å². The third kappa shape index (κ3) is 3.55. The van der Waals surface area contributed by atoms with Crippen LogP contribution >= 0.6 is 27.5 Å². The smallest absolute Gasteiger partial charge is 0.249 e. The zero-order valence-electron chi connectivity index (χ0n) is 10.8. The molecule has 1 atom stereocenters. The van der Waals surface area contributed by atoms with Gasteiger partial charge in [-0.2, -0.15) is 0 Å². The fourth-order valence-corrected chi connectivity index (χ4v) is 2.22. The molecule has 1 unspecified atom stereocenters. The van der Waals surface area contributed by atoms with Crippen LogP contribution in [0.25, 0.3) is 11.5 Å². The molecule has 4 nitrogen and oxygen atoms in total. The predicted molar refractivity (Wildman–Crippen MR) is 79.2 cm³/mol. The quantitative estimate of drug-likeness (QED) is 0.882. The Morgan fingerprint density at radius 3 is 2.95 bits per heavy atom. The Kier molecular flexibility index (Phi) is 4.96. The van der Waals surface area contributed by atoms with Crippen LogP contribution in [-0.2, 0) is 0 Å². The first-order chi connectivity index (χ1) is 9.11. The van der Waals surface area contributed by atoms with Crippen molar-refractivity contribution in [3.05, 3.63) is 33.6 Å². The predicted octanol–water partition coefficient (Wildman–Crippen LogP) is 4.21. The molecule has 0 saturated carbocycles. The summed E-state index contributed by atoms with van der Waals surface area (Å²) in [6.45, 7) is 5.03. The van der Waals surface area contributed by atoms with E-state index >= 15 is 0 Å². The molecule has 0 spiro atoms. The molecule has 2 aromatic rings. The highest BCUT2D eigenvalue weighted by atomic mass is 79.9. The zero-order valence-corrected chi connectivity index (χ0v) is 13.1. The van der Waals surface area contributed by atoms with E-state index in [0.29, 0.717) is 16.8 Å². The van der Waals surface area contributed by atoms with Gasteiger partial charge in [-0.15, -0.1) is 10.2 Å². The molecular weight excluding hydrogens is 330 g/mol. The van der Waals surface area contributed by atoms with Crippen LogP contribution in [-0.4, -0.2) is 16.7 Å². The summed E-state index contributed by atoms with van der Waals surface area (Å²) < 4.78 is 6.57. The minimum Gasteiger partial charge on any atom is -0.419 e. The SMILES string of the molecule is CCCNC(C)c1nnc(-c2cc(Cl)ccc2Br)o1. The summed E-state index contributed by atoms with van der Waals surface area (Å²) in [6, 6.07) is 5.50. The minimum absolute atomic E-state index is 0.0409. The minimum atomic E-state index is 0.0409. The first-order valence-electron chi connectivity index (χ1n) is 6.14. The highest BCUT2D eigenvalue weighted by molar-refractivity contribution is 9.10. The Morgan fingerprint density at radius 2 is 2.21 bits per heavy atom. The molecule has 19 heavy (non-hydrogen) atoms. The average molecular weight is 345 g/mol. The Morgan fingerprint density at radius 1 is 1.42 bits per heavy atom. The van der Waals surface area contributed by atoms with E-state index in [0.717, 1.165) is 23.0 Å². The fraction of sp³-hybridized carbons (Fsp3) is 0.385. The molecule has 0 aliphatic carbocycles. The van der Waals surface area contributed by atoms with Crippen molar-refractivity contribution in [1.29, 1.82) is 0 Å². The molecule has 2 rings (SSSR count). The second-order valence-corrected chi connectivity index (χ2v) is 5.54. The van der Waals surface area contributed by atoms with Crippen LogP contribution in [0.4, 0.5) is 0 Å². The first kappa shape index (κ1) is 14.5. The Hall–Kier alpha value is -0.910. The standard InChI is InChI=1S/C13H15BrClN3O/c1-3-6-16-8(2)12-17-18-13(19-12)10-7-9(15)4-5-11(10)14/h4-5,7-8,16H,3,6H2,1-2H3. The van der Waals surface area contributed by atoms with Crippen LogP contribution in [0.2, 0.25) is 5.02 Å². The number of hydrogen-bond donors (Lipinski definition) is 1. The first-order valence-corrected chi connectivity index (χ1v) is 7.31. The van der Waals surface area contributed by atoms with Gasteiger partial charge in [-0.25, -0.2) is 0 Å². The normalized spacial score (nSPS) is 12.6. The third-order valence-electron chi connectivity index (χ3n) is 2.67. The van der Waals surface area contributed by atoms with Gasteiger partial charge in [0.2, 0.25) is 11.8 Å². The molecule has 1 N–H and O–H groups in total. The Balaban J connectivity index is 2.23. The van der Waals surface area contributed by atoms with Crippen LogP contribution in [0.3, 0.4) is 0 Å². The number of aromatic nitrogens is 2. The fourth-order valence-electron chi connectivity index (χ4n) is 1.63. The van der Waals surface area contributed by atoms with Crippen molar-refractivity contribution in [2.75, 3.05) is 6.54 Å². The summed E-state index contributed by atoms with van der Waals surface area (Å²) in [4.78, 5) is 0. The van der Waals surface area contributed by atoms with Gasteiger partial charge in [0, 0.05) is 9.50 Å². The zero-order chi connectivity index (χ0) is 13.8. The van der Waals surface area contributed by atoms with Crippen molar-refractivity contribution in [3.8, 4) is 11.5 Å². The van der Waals surface area contributed by atoms with Crippen LogP contribution in [0.1, 0.15) is 32.2 Å². The van der Waals surface area contributed by atoms with Crippen LogP contribution < -0.4 is 5.32 Å². The summed E-state index contributed by atoms with van der Waals surface area (Å²) in [5.74, 6) is 1.05. The van der Waals surface area contributed by atoms with Crippen LogP contribution in [0, 0.1) is 0 Å². The molecule has 0 amide bonds. The molecule has 0 saturated heterocycles. The molecule has 102 valence electrons. The number of hydrogen-bond acceptors (Lipinski definition) is 4. The molecule has 1 aromatic carbocycles. The second kappa shape index (κ2) is 6.50. The Bertz CT molecular complexity index is 559. The lowest BCUT2D eigenvalue weighted by Crippen LogP contribution is -2.19. The topological polar surface area (TPSA) is 51.0 Å². The lowest BCUT2D eigenvalue weighted by molar-refractivity contribution is 0.423. The summed E-state index contributed by atoms with van der Waals surface area (Å²) in [5, 5.41) is 12.1. The van der Waals surface area contributed by atoms with E-state index in [1.54, 1.807) is 12.1 Å². The van der Waals surface area contributed by atoms with Gasteiger partial charge in [0.15, 0.2) is 0 Å². The highest BCUT2D eigenvalue weighted by Gasteiger charge is 2.16. The molecule has 0 aliphatic rings. The largest absolute Gasteiger partial charge is 0.419 e. The van der Waals surface area contributed by atoms with Crippen molar-refractivity contribution >= 4 is 27.5 Å². The summed E-state index contributed by atoms with van der Waals surface area (Å²) in [5.41, 5.74) is 0.800. The maximum atomic E-state index is 5.98. The molecule has 1 heterocycles. The maximum Gasteiger partial charge on any atom is 0.249 e. The van der Waals surface area contributed by atoms with E-state index in [1.165, 1.54) is 0 Å². The van der Waals surface area contributed by atoms with E-state index in [9.17, 15) is 0 Å². The summed E-state index contributed by atoms with van der Waals surface area (Å²) in [6.07, 6.45) is 1.06. The van der Waals surface area contributed by atoms with E-state index in [4.69, 9.17) is 16.0 Å². The van der Waals surface area contributed by atoms with Gasteiger partial charge in [0.05, 0.1) is 11.6 Å². The summed E-state index contributed by atoms with van der Waals surface area (Å²) >= 11 is 9.43. The molecule has 1 aromatic heterocycles. The van der Waals surface area contributed by atoms with Gasteiger partial charge in [0.25, 0.3) is 0 Å².